The van der Waals surface area contributed by atoms with Crippen molar-refractivity contribution in [1.82, 2.24) is 20.6 Å². The summed E-state index contributed by atoms with van der Waals surface area (Å²) in [5.41, 5.74) is 2.16. The molecule has 3 rings (SSSR count). The van der Waals surface area contributed by atoms with E-state index in [0.717, 1.165) is 42.4 Å². The van der Waals surface area contributed by atoms with Gasteiger partial charge in [-0.25, -0.2) is 9.97 Å². The fourth-order valence-electron chi connectivity index (χ4n) is 2.04. The van der Waals surface area contributed by atoms with E-state index in [-0.39, 0.29) is 24.0 Å². The number of nitrogens with zero attached hydrogens (tertiary/aromatic N) is 3. The van der Waals surface area contributed by atoms with Crippen molar-refractivity contribution in [1.29, 1.82) is 0 Å². The first-order valence-corrected chi connectivity index (χ1v) is 6.80. The lowest BCUT2D eigenvalue weighted by atomic mass is 10.1. The molecule has 0 radical (unpaired) electrons. The summed E-state index contributed by atoms with van der Waals surface area (Å²) in [7, 11) is 0. The zero-order valence-corrected chi connectivity index (χ0v) is 14.0. The van der Waals surface area contributed by atoms with Crippen LogP contribution in [0.15, 0.2) is 47.7 Å². The van der Waals surface area contributed by atoms with Crippen LogP contribution in [-0.4, -0.2) is 29.0 Å². The molecule has 0 fully saturated rings. The number of rotatable bonds is 3. The fraction of sp³-hybridized carbons (Fsp3) is 0.267. The van der Waals surface area contributed by atoms with E-state index in [2.05, 4.69) is 37.7 Å². The van der Waals surface area contributed by atoms with Gasteiger partial charge < -0.3 is 10.6 Å². The van der Waals surface area contributed by atoms with Crippen LogP contribution in [0.25, 0.3) is 11.1 Å². The zero-order valence-electron chi connectivity index (χ0n) is 11.6. The molecule has 5 nitrogen and oxygen atoms in total. The molecule has 0 saturated carbocycles. The summed E-state index contributed by atoms with van der Waals surface area (Å²) in [6.45, 7) is 2.43. The van der Waals surface area contributed by atoms with Crippen molar-refractivity contribution in [2.45, 2.75) is 13.0 Å². The van der Waals surface area contributed by atoms with Crippen LogP contribution >= 0.6 is 24.0 Å². The molecule has 0 spiro atoms. The average molecular weight is 395 g/mol. The quantitative estimate of drug-likeness (QED) is 0.783. The van der Waals surface area contributed by atoms with Crippen LogP contribution in [0.2, 0.25) is 0 Å². The zero-order chi connectivity index (χ0) is 13.6. The second kappa shape index (κ2) is 7.92. The maximum absolute atomic E-state index is 4.38. The van der Waals surface area contributed by atoms with E-state index in [1.54, 1.807) is 0 Å². The third-order valence-electron chi connectivity index (χ3n) is 3.12. The lowest BCUT2D eigenvalue weighted by molar-refractivity contribution is 0.693. The van der Waals surface area contributed by atoms with Crippen molar-refractivity contribution in [2.24, 2.45) is 4.99 Å². The van der Waals surface area contributed by atoms with Gasteiger partial charge in [0.15, 0.2) is 5.96 Å². The van der Waals surface area contributed by atoms with Gasteiger partial charge in [-0.2, -0.15) is 0 Å². The highest BCUT2D eigenvalue weighted by molar-refractivity contribution is 14.0. The smallest absolute Gasteiger partial charge is 0.191 e. The van der Waals surface area contributed by atoms with Crippen LogP contribution in [0.4, 0.5) is 0 Å². The topological polar surface area (TPSA) is 62.2 Å². The van der Waals surface area contributed by atoms with Crippen molar-refractivity contribution in [3.8, 4) is 11.1 Å². The van der Waals surface area contributed by atoms with E-state index >= 15 is 0 Å². The van der Waals surface area contributed by atoms with Crippen LogP contribution in [0.5, 0.6) is 0 Å². The highest BCUT2D eigenvalue weighted by Crippen LogP contribution is 2.16. The first-order chi connectivity index (χ1) is 9.92. The molecule has 1 aliphatic heterocycles. The minimum atomic E-state index is 0. The summed E-state index contributed by atoms with van der Waals surface area (Å²) in [4.78, 5) is 13.1. The predicted octanol–water partition coefficient (Wildman–Crippen LogP) is 2.20. The van der Waals surface area contributed by atoms with Gasteiger partial charge in [0.2, 0.25) is 0 Å². The maximum atomic E-state index is 4.38. The third-order valence-corrected chi connectivity index (χ3v) is 3.12. The van der Waals surface area contributed by atoms with Crippen LogP contribution < -0.4 is 10.6 Å². The highest BCUT2D eigenvalue weighted by atomic mass is 127. The Morgan fingerprint density at radius 1 is 1.05 bits per heavy atom. The fourth-order valence-corrected chi connectivity index (χ4v) is 2.04. The minimum Gasteiger partial charge on any atom is -0.356 e. The number of aromatic nitrogens is 2. The van der Waals surface area contributed by atoms with E-state index in [0.29, 0.717) is 6.54 Å². The Morgan fingerprint density at radius 3 is 2.48 bits per heavy atom. The molecule has 0 saturated heterocycles. The number of hydrogen-bond donors (Lipinski definition) is 2. The van der Waals surface area contributed by atoms with Gasteiger partial charge in [0.05, 0.1) is 6.54 Å². The molecular weight excluding hydrogens is 377 g/mol. The summed E-state index contributed by atoms with van der Waals surface area (Å²) in [6, 6.07) is 10.1. The van der Waals surface area contributed by atoms with Gasteiger partial charge in [-0.3, -0.25) is 4.99 Å². The van der Waals surface area contributed by atoms with E-state index in [1.165, 1.54) is 0 Å². The van der Waals surface area contributed by atoms with Crippen molar-refractivity contribution in [3.63, 3.8) is 0 Å². The van der Waals surface area contributed by atoms with Crippen molar-refractivity contribution < 1.29 is 0 Å². The monoisotopic (exact) mass is 395 g/mol. The Kier molecular flexibility index (Phi) is 5.91. The van der Waals surface area contributed by atoms with Crippen molar-refractivity contribution in [2.75, 3.05) is 13.1 Å². The molecular formula is C15H18IN5. The summed E-state index contributed by atoms with van der Waals surface area (Å²) < 4.78 is 0. The molecule has 0 aliphatic carbocycles. The lowest BCUT2D eigenvalue weighted by Crippen LogP contribution is -2.40. The Labute approximate surface area is 141 Å². The second-order valence-electron chi connectivity index (χ2n) is 4.62. The molecule has 0 unspecified atom stereocenters. The SMILES string of the molecule is I.c1ccc(-c2cnc(CNC3=NCCCN3)nc2)cc1. The minimum absolute atomic E-state index is 0. The van der Waals surface area contributed by atoms with Gasteiger partial charge in [0.25, 0.3) is 0 Å². The van der Waals surface area contributed by atoms with Crippen LogP contribution in [0.3, 0.4) is 0 Å². The molecule has 2 heterocycles. The molecule has 0 amide bonds. The molecule has 1 aliphatic rings. The third kappa shape index (κ3) is 4.38. The Hall–Kier alpha value is -1.70. The summed E-state index contributed by atoms with van der Waals surface area (Å²) >= 11 is 0. The lowest BCUT2D eigenvalue weighted by Gasteiger charge is -2.15. The molecule has 0 atom stereocenters. The Bertz CT molecular complexity index is 583. The summed E-state index contributed by atoms with van der Waals surface area (Å²) in [5, 5.41) is 6.42. The molecule has 110 valence electrons. The largest absolute Gasteiger partial charge is 0.356 e. The van der Waals surface area contributed by atoms with Gasteiger partial charge in [-0.05, 0) is 12.0 Å². The van der Waals surface area contributed by atoms with Gasteiger partial charge >= 0.3 is 0 Å². The number of nitrogens with one attached hydrogen (secondary N) is 2. The standard InChI is InChI=1S/C15H17N5.HI/c1-2-5-12(6-3-1)13-9-18-14(19-10-13)11-20-15-16-7-4-8-17-15;/h1-3,5-6,9-10H,4,7-8,11H2,(H2,16,17,20);1H. The number of guanidine groups is 1. The molecule has 21 heavy (non-hydrogen) atoms. The summed E-state index contributed by atoms with van der Waals surface area (Å²) in [5.74, 6) is 1.60. The number of hydrogen-bond acceptors (Lipinski definition) is 5. The van der Waals surface area contributed by atoms with Gasteiger partial charge in [-0.1, -0.05) is 30.3 Å². The predicted molar refractivity (Wildman–Crippen MR) is 94.6 cm³/mol. The van der Waals surface area contributed by atoms with E-state index in [9.17, 15) is 0 Å². The highest BCUT2D eigenvalue weighted by Gasteiger charge is 2.04. The normalized spacial score (nSPS) is 13.6. The Balaban J connectivity index is 0.00000161. The molecule has 0 bridgehead atoms. The number of halogens is 1. The van der Waals surface area contributed by atoms with Crippen molar-refractivity contribution in [3.05, 3.63) is 48.5 Å². The summed E-state index contributed by atoms with van der Waals surface area (Å²) in [6.07, 6.45) is 4.80. The average Bonchev–Trinajstić information content (AvgIpc) is 2.55. The Morgan fingerprint density at radius 2 is 1.81 bits per heavy atom. The molecule has 1 aromatic heterocycles. The first kappa shape index (κ1) is 15.7. The van der Waals surface area contributed by atoms with Crippen LogP contribution in [0.1, 0.15) is 12.2 Å². The number of aliphatic imine (C=N–C) groups is 1. The van der Waals surface area contributed by atoms with E-state index in [1.807, 2.05) is 30.6 Å². The van der Waals surface area contributed by atoms with Gasteiger partial charge in [0, 0.05) is 31.0 Å². The van der Waals surface area contributed by atoms with Crippen LogP contribution in [-0.2, 0) is 6.54 Å². The molecule has 2 N–H and O–H groups in total. The van der Waals surface area contributed by atoms with E-state index in [4.69, 9.17) is 0 Å². The van der Waals surface area contributed by atoms with Gasteiger partial charge in [0.1, 0.15) is 5.82 Å². The molecule has 6 heteroatoms. The van der Waals surface area contributed by atoms with Crippen LogP contribution in [0, 0.1) is 0 Å². The molecule has 1 aromatic carbocycles. The maximum Gasteiger partial charge on any atom is 0.191 e. The first-order valence-electron chi connectivity index (χ1n) is 6.80. The second-order valence-corrected chi connectivity index (χ2v) is 4.62. The van der Waals surface area contributed by atoms with Gasteiger partial charge in [-0.15, -0.1) is 24.0 Å². The van der Waals surface area contributed by atoms with E-state index < -0.39 is 0 Å². The molecule has 2 aromatic rings. The van der Waals surface area contributed by atoms with Crippen molar-refractivity contribution >= 4 is 29.9 Å². The number of benzene rings is 1.